The summed E-state index contributed by atoms with van der Waals surface area (Å²) in [5.74, 6) is 0.949. The minimum absolute atomic E-state index is 0. The molecular weight excluding hydrogens is 280 g/mol. The molecule has 0 radical (unpaired) electrons. The van der Waals surface area contributed by atoms with Crippen molar-refractivity contribution < 1.29 is 27.0 Å². The Hall–Kier alpha value is -0.0105. The van der Waals surface area contributed by atoms with Gasteiger partial charge < -0.3 is 20.0 Å². The van der Waals surface area contributed by atoms with E-state index < -0.39 is 5.97 Å². The van der Waals surface area contributed by atoms with E-state index in [0.29, 0.717) is 12.3 Å². The summed E-state index contributed by atoms with van der Waals surface area (Å²) < 4.78 is 0. The predicted molar refractivity (Wildman–Crippen MR) is 79.3 cm³/mol. The molecule has 2 aliphatic rings. The number of carboxylic acid groups (broad SMARTS) is 1. The van der Waals surface area contributed by atoms with Gasteiger partial charge in [0.2, 0.25) is 0 Å². The third-order valence-corrected chi connectivity index (χ3v) is 3.99. The second kappa shape index (κ2) is 14.4. The Labute approximate surface area is 131 Å². The zero-order chi connectivity index (χ0) is 11.8. The van der Waals surface area contributed by atoms with Crippen LogP contribution >= 0.6 is 0 Å². The molecule has 0 amide bonds. The van der Waals surface area contributed by atoms with E-state index in [1.165, 1.54) is 44.9 Å². The monoisotopic (exact) mass is 312 g/mol. The molecule has 2 fully saturated rings. The zero-order valence-electron chi connectivity index (χ0n) is 12.9. The van der Waals surface area contributed by atoms with Crippen molar-refractivity contribution in [2.75, 3.05) is 0 Å². The molecule has 0 aromatic heterocycles. The van der Waals surface area contributed by atoms with Crippen LogP contribution in [-0.2, 0) is 21.9 Å². The molecule has 0 atom stereocenters. The first-order valence-electron chi connectivity index (χ1n) is 6.94. The first-order valence-corrected chi connectivity index (χ1v) is 6.94. The van der Waals surface area contributed by atoms with Gasteiger partial charge in [-0.15, -0.1) is 0 Å². The second-order valence-electron chi connectivity index (χ2n) is 5.31. The van der Waals surface area contributed by atoms with Gasteiger partial charge in [-0.05, 0) is 24.7 Å². The largest absolute Gasteiger partial charge is 2.00 e. The molecule has 0 aromatic rings. The van der Waals surface area contributed by atoms with Gasteiger partial charge in [-0.3, -0.25) is 4.79 Å². The van der Waals surface area contributed by atoms with Crippen LogP contribution < -0.4 is 0 Å². The van der Waals surface area contributed by atoms with Gasteiger partial charge in [0.15, 0.2) is 0 Å². The number of hydrogen-bond donors (Lipinski definition) is 1. The van der Waals surface area contributed by atoms with E-state index in [0.717, 1.165) is 18.8 Å². The summed E-state index contributed by atoms with van der Waals surface area (Å²) in [7, 11) is 0. The molecule has 116 valence electrons. The summed E-state index contributed by atoms with van der Waals surface area (Å²) in [5.41, 5.74) is 0. The van der Waals surface area contributed by atoms with Gasteiger partial charge in [-0.25, -0.2) is 0 Å². The third kappa shape index (κ3) is 11.5. The van der Waals surface area contributed by atoms with E-state index in [4.69, 9.17) is 5.11 Å². The SMILES string of the molecule is CCC1CCCC1.O=C(O)CC1CCCC1.[CH3-].[CH3-].[Fe+2]. The Morgan fingerprint density at radius 2 is 1.32 bits per heavy atom. The summed E-state index contributed by atoms with van der Waals surface area (Å²) in [6.45, 7) is 2.30. The van der Waals surface area contributed by atoms with E-state index in [-0.39, 0.29) is 31.9 Å². The van der Waals surface area contributed by atoms with Crippen LogP contribution in [0.1, 0.15) is 71.1 Å². The number of carbonyl (C=O) groups is 1. The molecule has 19 heavy (non-hydrogen) atoms. The van der Waals surface area contributed by atoms with Gasteiger partial charge in [0.25, 0.3) is 0 Å². The van der Waals surface area contributed by atoms with Crippen LogP contribution in [0.15, 0.2) is 0 Å². The van der Waals surface area contributed by atoms with E-state index in [9.17, 15) is 4.79 Å². The smallest absolute Gasteiger partial charge is 0.481 e. The van der Waals surface area contributed by atoms with Gasteiger partial charge >= 0.3 is 23.0 Å². The Balaban J connectivity index is -0.000000237. The van der Waals surface area contributed by atoms with Crippen LogP contribution in [0.3, 0.4) is 0 Å². The standard InChI is InChI=1S/C7H12O2.C7H14.2CH3.Fe/c8-7(9)5-6-3-1-2-4-6;1-2-7-5-3-4-6-7;;;/h6H,1-5H2,(H,8,9);7H,2-6H2,1H3;2*1H3;/q;;2*-1;+2. The molecule has 0 aromatic carbocycles. The first kappa shape index (κ1) is 24.0. The van der Waals surface area contributed by atoms with Crippen LogP contribution in [0, 0.1) is 26.7 Å². The summed E-state index contributed by atoms with van der Waals surface area (Å²) in [6.07, 6.45) is 12.6. The number of hydrogen-bond acceptors (Lipinski definition) is 1. The van der Waals surface area contributed by atoms with Crippen LogP contribution in [-0.4, -0.2) is 11.1 Å². The van der Waals surface area contributed by atoms with Crippen molar-refractivity contribution in [1.29, 1.82) is 0 Å². The van der Waals surface area contributed by atoms with Crippen molar-refractivity contribution in [1.82, 2.24) is 0 Å². The Kier molecular flexibility index (Phi) is 18.2. The molecule has 0 aliphatic heterocycles. The van der Waals surface area contributed by atoms with E-state index in [1.54, 1.807) is 0 Å². The minimum atomic E-state index is -0.637. The predicted octanol–water partition coefficient (Wildman–Crippen LogP) is 5.14. The van der Waals surface area contributed by atoms with Crippen LogP contribution in [0.4, 0.5) is 0 Å². The molecule has 0 heterocycles. The first-order chi connectivity index (χ1) is 7.72. The molecular formula is C16H32FeO2. The quantitative estimate of drug-likeness (QED) is 0.579. The molecule has 3 heteroatoms. The van der Waals surface area contributed by atoms with Crippen LogP contribution in [0.2, 0.25) is 0 Å². The number of aliphatic carboxylic acids is 1. The van der Waals surface area contributed by atoms with Crippen molar-refractivity contribution >= 4 is 5.97 Å². The molecule has 2 aliphatic carbocycles. The van der Waals surface area contributed by atoms with Gasteiger partial charge in [-0.2, -0.15) is 0 Å². The molecule has 2 nitrogen and oxygen atoms in total. The summed E-state index contributed by atoms with van der Waals surface area (Å²) in [5, 5.41) is 8.37. The topological polar surface area (TPSA) is 37.3 Å². The van der Waals surface area contributed by atoms with Crippen LogP contribution in [0.25, 0.3) is 0 Å². The van der Waals surface area contributed by atoms with Gasteiger partial charge in [0.05, 0.1) is 0 Å². The summed E-state index contributed by atoms with van der Waals surface area (Å²) in [6, 6.07) is 0. The number of carboxylic acids is 1. The number of rotatable bonds is 3. The normalized spacial score (nSPS) is 18.4. The van der Waals surface area contributed by atoms with Crippen molar-refractivity contribution in [3.05, 3.63) is 14.9 Å². The van der Waals surface area contributed by atoms with Crippen molar-refractivity contribution in [2.45, 2.75) is 71.1 Å². The maximum Gasteiger partial charge on any atom is 2.00 e. The average Bonchev–Trinajstić information content (AvgIpc) is 2.88. The molecule has 0 bridgehead atoms. The van der Waals surface area contributed by atoms with E-state index in [1.807, 2.05) is 0 Å². The Morgan fingerprint density at radius 1 is 0.947 bits per heavy atom. The average molecular weight is 312 g/mol. The minimum Gasteiger partial charge on any atom is -0.481 e. The van der Waals surface area contributed by atoms with Crippen LogP contribution in [0.5, 0.6) is 0 Å². The molecule has 0 saturated heterocycles. The molecule has 0 unspecified atom stereocenters. The fourth-order valence-corrected chi connectivity index (χ4v) is 2.88. The molecule has 0 spiro atoms. The van der Waals surface area contributed by atoms with Gasteiger partial charge in [0, 0.05) is 6.42 Å². The summed E-state index contributed by atoms with van der Waals surface area (Å²) >= 11 is 0. The van der Waals surface area contributed by atoms with Crippen molar-refractivity contribution in [3.8, 4) is 0 Å². The molecule has 2 rings (SSSR count). The van der Waals surface area contributed by atoms with Gasteiger partial charge in [0.1, 0.15) is 0 Å². The fraction of sp³-hybridized carbons (Fsp3) is 0.812. The molecule has 1 N–H and O–H groups in total. The Bertz CT molecular complexity index is 195. The second-order valence-corrected chi connectivity index (χ2v) is 5.31. The van der Waals surface area contributed by atoms with E-state index >= 15 is 0 Å². The van der Waals surface area contributed by atoms with Crippen molar-refractivity contribution in [2.24, 2.45) is 11.8 Å². The maximum absolute atomic E-state index is 10.2. The summed E-state index contributed by atoms with van der Waals surface area (Å²) in [4.78, 5) is 10.2. The Morgan fingerprint density at radius 3 is 1.58 bits per heavy atom. The van der Waals surface area contributed by atoms with Crippen molar-refractivity contribution in [3.63, 3.8) is 0 Å². The van der Waals surface area contributed by atoms with Gasteiger partial charge in [-0.1, -0.05) is 51.9 Å². The third-order valence-electron chi connectivity index (χ3n) is 3.99. The maximum atomic E-state index is 10.2. The molecule has 2 saturated carbocycles. The van der Waals surface area contributed by atoms with E-state index in [2.05, 4.69) is 6.92 Å². The zero-order valence-corrected chi connectivity index (χ0v) is 14.0. The fourth-order valence-electron chi connectivity index (χ4n) is 2.88.